The van der Waals surface area contributed by atoms with E-state index in [1.54, 1.807) is 12.1 Å². The van der Waals surface area contributed by atoms with Crippen LogP contribution in [0, 0.1) is 12.7 Å². The number of nitrogens with two attached hydrogens (primary N) is 1. The molecule has 1 aromatic carbocycles. The van der Waals surface area contributed by atoms with Crippen molar-refractivity contribution in [3.63, 3.8) is 0 Å². The van der Waals surface area contributed by atoms with Crippen LogP contribution in [-0.4, -0.2) is 49.6 Å². The first-order valence-electron chi connectivity index (χ1n) is 6.39. The maximum absolute atomic E-state index is 13.4. The van der Waals surface area contributed by atoms with Gasteiger partial charge in [-0.3, -0.25) is 4.90 Å². The van der Waals surface area contributed by atoms with E-state index in [-0.39, 0.29) is 17.9 Å². The lowest BCUT2D eigenvalue weighted by Crippen LogP contribution is -2.54. The van der Waals surface area contributed by atoms with Gasteiger partial charge in [-0.05, 0) is 44.3 Å². The minimum Gasteiger partial charge on any atom is -0.323 e. The fraction of sp³-hybridized carbons (Fsp3) is 0.571. The quantitative estimate of drug-likeness (QED) is 0.862. The van der Waals surface area contributed by atoms with E-state index in [0.29, 0.717) is 0 Å². The SMILES string of the molecule is Cc1ccc(F)cc1C(N)C1CN(C)CCN1C. The second-order valence-electron chi connectivity index (χ2n) is 5.34. The van der Waals surface area contributed by atoms with Crippen molar-refractivity contribution in [1.82, 2.24) is 9.80 Å². The van der Waals surface area contributed by atoms with Crippen LogP contribution in [0.4, 0.5) is 4.39 Å². The minimum absolute atomic E-state index is 0.145. The molecule has 3 nitrogen and oxygen atoms in total. The maximum atomic E-state index is 13.4. The number of likely N-dealkylation sites (N-methyl/N-ethyl adjacent to an activating group) is 2. The van der Waals surface area contributed by atoms with Crippen LogP contribution in [-0.2, 0) is 0 Å². The Morgan fingerprint density at radius 1 is 1.33 bits per heavy atom. The van der Waals surface area contributed by atoms with E-state index in [0.717, 1.165) is 30.8 Å². The summed E-state index contributed by atoms with van der Waals surface area (Å²) in [4.78, 5) is 4.55. The number of hydrogen-bond donors (Lipinski definition) is 1. The molecule has 0 saturated carbocycles. The van der Waals surface area contributed by atoms with Crippen LogP contribution in [0.3, 0.4) is 0 Å². The van der Waals surface area contributed by atoms with Gasteiger partial charge in [-0.1, -0.05) is 6.07 Å². The summed E-state index contributed by atoms with van der Waals surface area (Å²) in [5, 5.41) is 0. The van der Waals surface area contributed by atoms with Crippen LogP contribution < -0.4 is 5.73 Å². The van der Waals surface area contributed by atoms with Gasteiger partial charge in [0.15, 0.2) is 0 Å². The van der Waals surface area contributed by atoms with Gasteiger partial charge in [0.05, 0.1) is 0 Å². The minimum atomic E-state index is -0.210. The van der Waals surface area contributed by atoms with E-state index >= 15 is 0 Å². The number of hydrogen-bond acceptors (Lipinski definition) is 3. The number of aryl methyl sites for hydroxylation is 1. The summed E-state index contributed by atoms with van der Waals surface area (Å²) in [5.74, 6) is -0.210. The van der Waals surface area contributed by atoms with E-state index < -0.39 is 0 Å². The monoisotopic (exact) mass is 251 g/mol. The third-order valence-corrected chi connectivity index (χ3v) is 3.91. The molecule has 1 fully saturated rings. The van der Waals surface area contributed by atoms with Gasteiger partial charge >= 0.3 is 0 Å². The summed E-state index contributed by atoms with van der Waals surface area (Å²) >= 11 is 0. The molecule has 0 spiro atoms. The first-order chi connectivity index (χ1) is 8.49. The van der Waals surface area contributed by atoms with Crippen molar-refractivity contribution in [3.05, 3.63) is 35.1 Å². The van der Waals surface area contributed by atoms with Crippen LogP contribution >= 0.6 is 0 Å². The second-order valence-corrected chi connectivity index (χ2v) is 5.34. The molecule has 0 aliphatic carbocycles. The smallest absolute Gasteiger partial charge is 0.123 e. The van der Waals surface area contributed by atoms with E-state index in [1.165, 1.54) is 6.07 Å². The molecule has 4 heteroatoms. The Labute approximate surface area is 108 Å². The van der Waals surface area contributed by atoms with Gasteiger partial charge in [0.2, 0.25) is 0 Å². The second kappa shape index (κ2) is 5.34. The van der Waals surface area contributed by atoms with Crippen molar-refractivity contribution in [2.45, 2.75) is 19.0 Å². The van der Waals surface area contributed by atoms with Gasteiger partial charge in [-0.2, -0.15) is 0 Å². The molecule has 1 heterocycles. The molecule has 2 N–H and O–H groups in total. The summed E-state index contributed by atoms with van der Waals surface area (Å²) in [6.45, 7) is 4.97. The zero-order chi connectivity index (χ0) is 13.3. The van der Waals surface area contributed by atoms with Crippen LogP contribution in [0.25, 0.3) is 0 Å². The third kappa shape index (κ3) is 2.71. The molecular formula is C14H22FN3. The molecule has 0 bridgehead atoms. The van der Waals surface area contributed by atoms with Crippen LogP contribution in [0.1, 0.15) is 17.2 Å². The first-order valence-corrected chi connectivity index (χ1v) is 6.39. The largest absolute Gasteiger partial charge is 0.323 e. The lowest BCUT2D eigenvalue weighted by Gasteiger charge is -2.41. The molecule has 2 atom stereocenters. The highest BCUT2D eigenvalue weighted by atomic mass is 19.1. The zero-order valence-electron chi connectivity index (χ0n) is 11.4. The van der Waals surface area contributed by atoms with Crippen molar-refractivity contribution < 1.29 is 4.39 Å². The standard InChI is InChI=1S/C14H22FN3/c1-10-4-5-11(15)8-12(10)14(16)13-9-17(2)6-7-18(13)3/h4-5,8,13-14H,6-7,9,16H2,1-3H3. The Morgan fingerprint density at radius 2 is 2.06 bits per heavy atom. The van der Waals surface area contributed by atoms with E-state index in [2.05, 4.69) is 23.9 Å². The molecular weight excluding hydrogens is 229 g/mol. The van der Waals surface area contributed by atoms with E-state index in [4.69, 9.17) is 5.73 Å². The predicted octanol–water partition coefficient (Wildman–Crippen LogP) is 1.38. The fourth-order valence-corrected chi connectivity index (χ4v) is 2.61. The molecule has 1 aromatic rings. The molecule has 0 radical (unpaired) electrons. The van der Waals surface area contributed by atoms with Gasteiger partial charge in [-0.15, -0.1) is 0 Å². The number of nitrogens with zero attached hydrogens (tertiary/aromatic N) is 2. The van der Waals surface area contributed by atoms with Gasteiger partial charge < -0.3 is 10.6 Å². The Hall–Kier alpha value is -0.970. The van der Waals surface area contributed by atoms with Crippen molar-refractivity contribution >= 4 is 0 Å². The van der Waals surface area contributed by atoms with E-state index in [1.807, 2.05) is 6.92 Å². The normalized spacial score (nSPS) is 24.2. The number of rotatable bonds is 2. The molecule has 1 aliphatic heterocycles. The highest BCUT2D eigenvalue weighted by Crippen LogP contribution is 2.24. The van der Waals surface area contributed by atoms with E-state index in [9.17, 15) is 4.39 Å². The molecule has 1 aliphatic rings. The van der Waals surface area contributed by atoms with Crippen molar-refractivity contribution in [1.29, 1.82) is 0 Å². The number of benzene rings is 1. The van der Waals surface area contributed by atoms with Crippen molar-refractivity contribution in [2.75, 3.05) is 33.7 Å². The highest BCUT2D eigenvalue weighted by Gasteiger charge is 2.29. The first kappa shape index (κ1) is 13.5. The molecule has 0 amide bonds. The van der Waals surface area contributed by atoms with Crippen LogP contribution in [0.2, 0.25) is 0 Å². The third-order valence-electron chi connectivity index (χ3n) is 3.91. The van der Waals surface area contributed by atoms with Crippen molar-refractivity contribution in [3.8, 4) is 0 Å². The van der Waals surface area contributed by atoms with Crippen LogP contribution in [0.5, 0.6) is 0 Å². The lowest BCUT2D eigenvalue weighted by atomic mass is 9.94. The Kier molecular flexibility index (Phi) is 4.00. The van der Waals surface area contributed by atoms with Crippen LogP contribution in [0.15, 0.2) is 18.2 Å². The lowest BCUT2D eigenvalue weighted by molar-refractivity contribution is 0.0972. The topological polar surface area (TPSA) is 32.5 Å². The predicted molar refractivity (Wildman–Crippen MR) is 72.0 cm³/mol. The van der Waals surface area contributed by atoms with Gasteiger partial charge in [-0.25, -0.2) is 4.39 Å². The molecule has 18 heavy (non-hydrogen) atoms. The maximum Gasteiger partial charge on any atom is 0.123 e. The van der Waals surface area contributed by atoms with Gasteiger partial charge in [0.25, 0.3) is 0 Å². The summed E-state index contributed by atoms with van der Waals surface area (Å²) in [6, 6.07) is 4.96. The number of piperazine rings is 1. The summed E-state index contributed by atoms with van der Waals surface area (Å²) in [5.41, 5.74) is 8.34. The highest BCUT2D eigenvalue weighted by molar-refractivity contribution is 5.30. The Morgan fingerprint density at radius 3 is 2.78 bits per heavy atom. The molecule has 2 rings (SSSR count). The summed E-state index contributed by atoms with van der Waals surface area (Å²) in [6.07, 6.45) is 0. The summed E-state index contributed by atoms with van der Waals surface area (Å²) in [7, 11) is 4.19. The Bertz CT molecular complexity index is 422. The molecule has 2 unspecified atom stereocenters. The average Bonchev–Trinajstić information content (AvgIpc) is 2.34. The number of halogens is 1. The molecule has 0 aromatic heterocycles. The summed E-state index contributed by atoms with van der Waals surface area (Å²) < 4.78 is 13.4. The fourth-order valence-electron chi connectivity index (χ4n) is 2.61. The zero-order valence-corrected chi connectivity index (χ0v) is 11.4. The van der Waals surface area contributed by atoms with Gasteiger partial charge in [0.1, 0.15) is 5.82 Å². The molecule has 1 saturated heterocycles. The Balaban J connectivity index is 2.23. The van der Waals surface area contributed by atoms with Crippen molar-refractivity contribution in [2.24, 2.45) is 5.73 Å². The van der Waals surface area contributed by atoms with Gasteiger partial charge in [0, 0.05) is 31.7 Å². The molecule has 100 valence electrons. The average molecular weight is 251 g/mol.